The van der Waals surface area contributed by atoms with Crippen LogP contribution in [0.2, 0.25) is 0 Å². The summed E-state index contributed by atoms with van der Waals surface area (Å²) in [5.41, 5.74) is 3.72. The number of carbonyl (C=O) groups excluding carboxylic acids is 1. The van der Waals surface area contributed by atoms with E-state index in [1.165, 1.54) is 17.6 Å². The van der Waals surface area contributed by atoms with Gasteiger partial charge in [0.25, 0.3) is 0 Å². The van der Waals surface area contributed by atoms with Crippen molar-refractivity contribution in [1.82, 2.24) is 4.90 Å². The summed E-state index contributed by atoms with van der Waals surface area (Å²) in [5, 5.41) is 0. The number of benzene rings is 1. The van der Waals surface area contributed by atoms with E-state index in [9.17, 15) is 4.79 Å². The number of hydrogen-bond acceptors (Lipinski definition) is 1. The Morgan fingerprint density at radius 2 is 1.94 bits per heavy atom. The highest BCUT2D eigenvalue weighted by atomic mass is 16.2. The standard InChI is InChI=1S/C14H15NO/c16-14-13-8-4-7-12(13)10-15(14)9-11-5-2-1-3-6-11/h1-3,5-6H,4,7-10H2. The molecule has 0 unspecified atom stereocenters. The molecule has 3 rings (SSSR count). The van der Waals surface area contributed by atoms with Gasteiger partial charge in [0.1, 0.15) is 0 Å². The van der Waals surface area contributed by atoms with Crippen LogP contribution in [0.4, 0.5) is 0 Å². The molecular weight excluding hydrogens is 198 g/mol. The van der Waals surface area contributed by atoms with Crippen LogP contribution < -0.4 is 0 Å². The highest BCUT2D eigenvalue weighted by Gasteiger charge is 2.32. The highest BCUT2D eigenvalue weighted by Crippen LogP contribution is 2.33. The minimum atomic E-state index is 0.274. The molecule has 2 heteroatoms. The zero-order chi connectivity index (χ0) is 11.0. The molecule has 16 heavy (non-hydrogen) atoms. The molecule has 1 aliphatic carbocycles. The smallest absolute Gasteiger partial charge is 0.250 e. The topological polar surface area (TPSA) is 20.3 Å². The fraction of sp³-hybridized carbons (Fsp3) is 0.357. The molecule has 0 N–H and O–H groups in total. The minimum absolute atomic E-state index is 0.274. The van der Waals surface area contributed by atoms with Gasteiger partial charge in [-0.15, -0.1) is 0 Å². The molecule has 0 aromatic heterocycles. The van der Waals surface area contributed by atoms with Gasteiger partial charge < -0.3 is 4.90 Å². The SMILES string of the molecule is O=C1C2=C(CCC2)CN1Cc1ccccc1. The largest absolute Gasteiger partial charge is 0.331 e. The van der Waals surface area contributed by atoms with E-state index in [0.29, 0.717) is 0 Å². The summed E-state index contributed by atoms with van der Waals surface area (Å²) in [6, 6.07) is 10.2. The van der Waals surface area contributed by atoms with E-state index in [0.717, 1.165) is 31.5 Å². The number of nitrogens with zero attached hydrogens (tertiary/aromatic N) is 1. The fourth-order valence-corrected chi connectivity index (χ4v) is 2.66. The predicted molar refractivity (Wildman–Crippen MR) is 62.7 cm³/mol. The zero-order valence-electron chi connectivity index (χ0n) is 9.28. The molecular formula is C14H15NO. The van der Waals surface area contributed by atoms with Gasteiger partial charge in [0, 0.05) is 18.7 Å². The molecule has 2 nitrogen and oxygen atoms in total. The van der Waals surface area contributed by atoms with Crippen LogP contribution in [0.1, 0.15) is 24.8 Å². The summed E-state index contributed by atoms with van der Waals surface area (Å²) >= 11 is 0. The van der Waals surface area contributed by atoms with Crippen molar-refractivity contribution < 1.29 is 4.79 Å². The van der Waals surface area contributed by atoms with Gasteiger partial charge in [-0.25, -0.2) is 0 Å². The summed E-state index contributed by atoms with van der Waals surface area (Å²) in [5.74, 6) is 0.274. The Morgan fingerprint density at radius 3 is 2.69 bits per heavy atom. The fourth-order valence-electron chi connectivity index (χ4n) is 2.66. The number of hydrogen-bond donors (Lipinski definition) is 0. The average molecular weight is 213 g/mol. The van der Waals surface area contributed by atoms with Crippen LogP contribution in [-0.2, 0) is 11.3 Å². The van der Waals surface area contributed by atoms with Crippen molar-refractivity contribution in [2.24, 2.45) is 0 Å². The maximum Gasteiger partial charge on any atom is 0.250 e. The van der Waals surface area contributed by atoms with E-state index in [2.05, 4.69) is 12.1 Å². The number of carbonyl (C=O) groups is 1. The van der Waals surface area contributed by atoms with E-state index in [-0.39, 0.29) is 5.91 Å². The van der Waals surface area contributed by atoms with Gasteiger partial charge in [0.05, 0.1) is 0 Å². The van der Waals surface area contributed by atoms with E-state index in [1.54, 1.807) is 0 Å². The highest BCUT2D eigenvalue weighted by molar-refractivity contribution is 5.97. The molecule has 2 aliphatic rings. The second-order valence-corrected chi connectivity index (χ2v) is 4.58. The van der Waals surface area contributed by atoms with Crippen LogP contribution >= 0.6 is 0 Å². The van der Waals surface area contributed by atoms with E-state index in [1.807, 2.05) is 23.1 Å². The Morgan fingerprint density at radius 1 is 1.12 bits per heavy atom. The van der Waals surface area contributed by atoms with Gasteiger partial charge in [-0.2, -0.15) is 0 Å². The van der Waals surface area contributed by atoms with Gasteiger partial charge in [-0.1, -0.05) is 30.3 Å². The summed E-state index contributed by atoms with van der Waals surface area (Å²) < 4.78 is 0. The molecule has 1 heterocycles. The van der Waals surface area contributed by atoms with Gasteiger partial charge in [-0.3, -0.25) is 4.79 Å². The summed E-state index contributed by atoms with van der Waals surface area (Å²) in [7, 11) is 0. The van der Waals surface area contributed by atoms with Crippen molar-refractivity contribution in [2.45, 2.75) is 25.8 Å². The molecule has 0 radical (unpaired) electrons. The molecule has 1 aromatic rings. The normalized spacial score (nSPS) is 19.5. The van der Waals surface area contributed by atoms with Crippen molar-refractivity contribution in [1.29, 1.82) is 0 Å². The van der Waals surface area contributed by atoms with E-state index in [4.69, 9.17) is 0 Å². The van der Waals surface area contributed by atoms with Gasteiger partial charge in [-0.05, 0) is 30.4 Å². The lowest BCUT2D eigenvalue weighted by Gasteiger charge is -2.18. The van der Waals surface area contributed by atoms with Crippen LogP contribution in [-0.4, -0.2) is 17.4 Å². The van der Waals surface area contributed by atoms with E-state index >= 15 is 0 Å². The van der Waals surface area contributed by atoms with Crippen molar-refractivity contribution in [3.8, 4) is 0 Å². The molecule has 0 atom stereocenters. The third-order valence-electron chi connectivity index (χ3n) is 3.48. The summed E-state index contributed by atoms with van der Waals surface area (Å²) in [4.78, 5) is 14.0. The molecule has 1 aliphatic heterocycles. The maximum absolute atomic E-state index is 12.1. The Hall–Kier alpha value is -1.57. The first kappa shape index (κ1) is 9.64. The Kier molecular flexibility index (Phi) is 2.28. The summed E-state index contributed by atoms with van der Waals surface area (Å²) in [6.07, 6.45) is 3.31. The monoisotopic (exact) mass is 213 g/mol. The lowest BCUT2D eigenvalue weighted by Crippen LogP contribution is -2.27. The molecule has 1 amide bonds. The molecule has 0 fully saturated rings. The summed E-state index contributed by atoms with van der Waals surface area (Å²) in [6.45, 7) is 1.62. The third kappa shape index (κ3) is 1.54. The number of likely N-dealkylation sites (tertiary alicyclic amines) is 1. The molecule has 82 valence electrons. The lowest BCUT2D eigenvalue weighted by molar-refractivity contribution is -0.126. The zero-order valence-corrected chi connectivity index (χ0v) is 9.28. The van der Waals surface area contributed by atoms with Gasteiger partial charge in [0.15, 0.2) is 0 Å². The van der Waals surface area contributed by atoms with Crippen LogP contribution in [0.15, 0.2) is 41.5 Å². The second kappa shape index (κ2) is 3.78. The van der Waals surface area contributed by atoms with Crippen LogP contribution in [0, 0.1) is 0 Å². The number of amides is 1. The second-order valence-electron chi connectivity index (χ2n) is 4.58. The van der Waals surface area contributed by atoms with Crippen LogP contribution in [0.25, 0.3) is 0 Å². The first-order valence-corrected chi connectivity index (χ1v) is 5.89. The van der Waals surface area contributed by atoms with Crippen molar-refractivity contribution in [3.05, 3.63) is 47.0 Å². The van der Waals surface area contributed by atoms with Crippen LogP contribution in [0.5, 0.6) is 0 Å². The first-order chi connectivity index (χ1) is 7.84. The maximum atomic E-state index is 12.1. The van der Waals surface area contributed by atoms with Crippen molar-refractivity contribution in [3.63, 3.8) is 0 Å². The van der Waals surface area contributed by atoms with Gasteiger partial charge >= 0.3 is 0 Å². The average Bonchev–Trinajstić information content (AvgIpc) is 2.86. The molecule has 0 spiro atoms. The van der Waals surface area contributed by atoms with Gasteiger partial charge in [0.2, 0.25) is 5.91 Å². The Labute approximate surface area is 95.6 Å². The predicted octanol–water partition coefficient (Wildman–Crippen LogP) is 2.51. The Balaban J connectivity index is 1.73. The third-order valence-corrected chi connectivity index (χ3v) is 3.48. The van der Waals surface area contributed by atoms with Crippen molar-refractivity contribution >= 4 is 5.91 Å². The Bertz CT molecular complexity index is 447. The molecule has 0 saturated carbocycles. The molecule has 1 aromatic carbocycles. The molecule has 0 saturated heterocycles. The number of rotatable bonds is 2. The van der Waals surface area contributed by atoms with Crippen molar-refractivity contribution in [2.75, 3.05) is 6.54 Å². The quantitative estimate of drug-likeness (QED) is 0.739. The van der Waals surface area contributed by atoms with Crippen LogP contribution in [0.3, 0.4) is 0 Å². The lowest BCUT2D eigenvalue weighted by atomic mass is 10.2. The minimum Gasteiger partial charge on any atom is -0.331 e. The van der Waals surface area contributed by atoms with E-state index < -0.39 is 0 Å². The first-order valence-electron chi connectivity index (χ1n) is 5.89. The molecule has 0 bridgehead atoms.